The van der Waals surface area contributed by atoms with Gasteiger partial charge in [-0.15, -0.1) is 12.4 Å². The minimum Gasteiger partial charge on any atom is -0.480 e. The van der Waals surface area contributed by atoms with Crippen molar-refractivity contribution >= 4 is 34.3 Å². The van der Waals surface area contributed by atoms with Gasteiger partial charge < -0.3 is 10.0 Å². The molecule has 1 heterocycles. The minimum absolute atomic E-state index is 0. The van der Waals surface area contributed by atoms with Gasteiger partial charge in [0.2, 0.25) is 0 Å². The molecular formula is C22H27ClFN3O4S. The van der Waals surface area contributed by atoms with E-state index >= 15 is 0 Å². The van der Waals surface area contributed by atoms with Gasteiger partial charge >= 0.3 is 5.97 Å². The average molecular weight is 484 g/mol. The Labute approximate surface area is 193 Å². The van der Waals surface area contributed by atoms with Crippen molar-refractivity contribution in [2.75, 3.05) is 31.1 Å². The molecule has 2 fully saturated rings. The number of nitrogens with one attached hydrogen (secondary N) is 1. The Morgan fingerprint density at radius 1 is 1.06 bits per heavy atom. The molecular weight excluding hydrogens is 457 g/mol. The molecule has 1 aliphatic carbocycles. The van der Waals surface area contributed by atoms with Crippen LogP contribution in [-0.4, -0.2) is 55.5 Å². The Bertz CT molecular complexity index is 1050. The molecule has 2 aromatic rings. The number of anilines is 1. The third-order valence-electron chi connectivity index (χ3n) is 6.40. The smallest absolute Gasteiger partial charge is 0.325 e. The molecule has 10 heteroatoms. The van der Waals surface area contributed by atoms with Crippen LogP contribution in [0.15, 0.2) is 54.6 Å². The third kappa shape index (κ3) is 4.47. The number of hydrogen-bond donors (Lipinski definition) is 2. The number of nitrogens with zero attached hydrogens (tertiary/aromatic N) is 2. The maximum absolute atomic E-state index is 13.2. The average Bonchev–Trinajstić information content (AvgIpc) is 3.41. The van der Waals surface area contributed by atoms with Crippen molar-refractivity contribution in [3.63, 3.8) is 0 Å². The summed E-state index contributed by atoms with van der Waals surface area (Å²) in [5.74, 6) is -2.29. The highest BCUT2D eigenvalue weighted by Gasteiger charge is 2.70. The summed E-state index contributed by atoms with van der Waals surface area (Å²) in [6, 6.07) is 15.2. The van der Waals surface area contributed by atoms with Crippen molar-refractivity contribution in [3.05, 3.63) is 66.0 Å². The molecule has 0 aromatic heterocycles. The van der Waals surface area contributed by atoms with Crippen LogP contribution < -0.4 is 9.62 Å². The topological polar surface area (TPSA) is 90.0 Å². The lowest BCUT2D eigenvalue weighted by Gasteiger charge is -2.25. The van der Waals surface area contributed by atoms with E-state index in [2.05, 4.69) is 4.72 Å². The molecule has 1 saturated heterocycles. The summed E-state index contributed by atoms with van der Waals surface area (Å²) >= 11 is 0. The fraction of sp³-hybridized carbons (Fsp3) is 0.409. The van der Waals surface area contributed by atoms with Crippen LogP contribution in [0.25, 0.3) is 0 Å². The van der Waals surface area contributed by atoms with Crippen LogP contribution in [0, 0.1) is 11.7 Å². The van der Waals surface area contributed by atoms with E-state index in [1.54, 1.807) is 19.1 Å². The van der Waals surface area contributed by atoms with Gasteiger partial charge in [-0.05, 0) is 42.2 Å². The van der Waals surface area contributed by atoms with Crippen molar-refractivity contribution in [3.8, 4) is 0 Å². The molecule has 1 unspecified atom stereocenters. The number of carboxylic acid groups (broad SMARTS) is 1. The number of carbonyl (C=O) groups is 1. The highest BCUT2D eigenvalue weighted by atomic mass is 35.5. The van der Waals surface area contributed by atoms with Gasteiger partial charge in [-0.1, -0.05) is 37.3 Å². The van der Waals surface area contributed by atoms with Crippen LogP contribution in [-0.2, 0) is 15.0 Å². The summed E-state index contributed by atoms with van der Waals surface area (Å²) in [6.45, 7) is 3.32. The van der Waals surface area contributed by atoms with Crippen LogP contribution in [0.4, 0.5) is 10.1 Å². The van der Waals surface area contributed by atoms with Crippen molar-refractivity contribution in [2.45, 2.75) is 24.8 Å². The fourth-order valence-corrected chi connectivity index (χ4v) is 6.27. The van der Waals surface area contributed by atoms with Crippen molar-refractivity contribution in [1.29, 1.82) is 0 Å². The molecule has 1 saturated carbocycles. The molecule has 174 valence electrons. The van der Waals surface area contributed by atoms with Crippen LogP contribution in [0.1, 0.15) is 24.8 Å². The zero-order valence-corrected chi connectivity index (χ0v) is 19.3. The Balaban J connectivity index is 0.00000289. The second-order valence-electron chi connectivity index (χ2n) is 8.17. The standard InChI is InChI=1S/C22H26FN3O4S.ClH/c1-16-20(17-6-3-2-4-7-17)22(16,21(27)28)24-31(29,30)26-13-5-12-25(14-15-26)19-10-8-18(23)9-11-19;/h2-4,6-11,16,20,24H,5,12-15H2,1H3,(H,27,28);1H/t16?,20-,22+;/m1./s1. The summed E-state index contributed by atoms with van der Waals surface area (Å²) in [5, 5.41) is 9.95. The van der Waals surface area contributed by atoms with Crippen molar-refractivity contribution in [1.82, 2.24) is 9.03 Å². The van der Waals surface area contributed by atoms with Crippen molar-refractivity contribution < 1.29 is 22.7 Å². The minimum atomic E-state index is -4.02. The molecule has 2 aromatic carbocycles. The highest BCUT2D eigenvalue weighted by molar-refractivity contribution is 7.87. The summed E-state index contributed by atoms with van der Waals surface area (Å²) in [7, 11) is -4.02. The molecule has 2 aliphatic rings. The fourth-order valence-electron chi connectivity index (χ4n) is 4.62. The normalized spacial score (nSPS) is 26.1. The van der Waals surface area contributed by atoms with E-state index < -0.39 is 27.6 Å². The first-order valence-electron chi connectivity index (χ1n) is 10.3. The SMILES string of the molecule is CC1[C@H](c2ccccc2)[C@]1(NS(=O)(=O)N1CCCN(c2ccc(F)cc2)CC1)C(=O)O.Cl. The van der Waals surface area contributed by atoms with Gasteiger partial charge in [0.25, 0.3) is 10.2 Å². The number of carboxylic acids is 1. The predicted octanol–water partition coefficient (Wildman–Crippen LogP) is 2.85. The summed E-state index contributed by atoms with van der Waals surface area (Å²) in [6.07, 6.45) is 0.579. The first-order valence-corrected chi connectivity index (χ1v) is 11.8. The molecule has 2 N–H and O–H groups in total. The molecule has 1 aliphatic heterocycles. The molecule has 0 bridgehead atoms. The Morgan fingerprint density at radius 2 is 1.72 bits per heavy atom. The van der Waals surface area contributed by atoms with Gasteiger partial charge in [-0.25, -0.2) is 4.39 Å². The molecule has 0 amide bonds. The van der Waals surface area contributed by atoms with Crippen LogP contribution >= 0.6 is 12.4 Å². The molecule has 4 rings (SSSR count). The molecule has 3 atom stereocenters. The van der Waals surface area contributed by atoms with Gasteiger partial charge in [-0.3, -0.25) is 4.79 Å². The van der Waals surface area contributed by atoms with E-state index in [9.17, 15) is 22.7 Å². The predicted molar refractivity (Wildman–Crippen MR) is 123 cm³/mol. The molecule has 32 heavy (non-hydrogen) atoms. The van der Waals surface area contributed by atoms with Crippen LogP contribution in [0.2, 0.25) is 0 Å². The molecule has 0 radical (unpaired) electrons. The van der Waals surface area contributed by atoms with E-state index in [0.717, 1.165) is 11.3 Å². The molecule has 7 nitrogen and oxygen atoms in total. The van der Waals surface area contributed by atoms with E-state index in [1.807, 2.05) is 35.2 Å². The maximum atomic E-state index is 13.2. The first-order chi connectivity index (χ1) is 14.8. The lowest BCUT2D eigenvalue weighted by molar-refractivity contribution is -0.140. The lowest BCUT2D eigenvalue weighted by Crippen LogP contribution is -2.52. The van der Waals surface area contributed by atoms with Crippen LogP contribution in [0.5, 0.6) is 0 Å². The number of rotatable bonds is 6. The zero-order valence-electron chi connectivity index (χ0n) is 17.6. The summed E-state index contributed by atoms with van der Waals surface area (Å²) in [5.41, 5.74) is 0.0809. The lowest BCUT2D eigenvalue weighted by atomic mass is 10.1. The summed E-state index contributed by atoms with van der Waals surface area (Å²) < 4.78 is 43.4. The largest absolute Gasteiger partial charge is 0.480 e. The van der Waals surface area contributed by atoms with E-state index in [0.29, 0.717) is 19.5 Å². The Morgan fingerprint density at radius 3 is 2.34 bits per heavy atom. The van der Waals surface area contributed by atoms with Crippen LogP contribution in [0.3, 0.4) is 0 Å². The number of hydrogen-bond acceptors (Lipinski definition) is 4. The molecule has 0 spiro atoms. The van der Waals surface area contributed by atoms with Gasteiger partial charge in [-0.2, -0.15) is 17.4 Å². The van der Waals surface area contributed by atoms with E-state index in [4.69, 9.17) is 0 Å². The Kier molecular flexibility index (Phi) is 7.14. The second kappa shape index (κ2) is 9.35. The van der Waals surface area contributed by atoms with Crippen molar-refractivity contribution in [2.24, 2.45) is 5.92 Å². The maximum Gasteiger partial charge on any atom is 0.325 e. The number of halogens is 2. The zero-order chi connectivity index (χ0) is 22.2. The second-order valence-corrected chi connectivity index (χ2v) is 9.85. The third-order valence-corrected chi connectivity index (χ3v) is 8.04. The first kappa shape index (κ1) is 24.4. The number of aliphatic carboxylic acids is 1. The number of benzene rings is 2. The monoisotopic (exact) mass is 483 g/mol. The summed E-state index contributed by atoms with van der Waals surface area (Å²) in [4.78, 5) is 14.2. The van der Waals surface area contributed by atoms with Gasteiger partial charge in [0, 0.05) is 37.8 Å². The van der Waals surface area contributed by atoms with E-state index in [-0.39, 0.29) is 37.2 Å². The highest BCUT2D eigenvalue weighted by Crippen LogP contribution is 2.57. The van der Waals surface area contributed by atoms with Gasteiger partial charge in [0.1, 0.15) is 11.4 Å². The van der Waals surface area contributed by atoms with E-state index in [1.165, 1.54) is 16.4 Å². The quantitative estimate of drug-likeness (QED) is 0.659. The van der Waals surface area contributed by atoms with Gasteiger partial charge in [0.05, 0.1) is 0 Å². The Hall–Kier alpha value is -2.20. The van der Waals surface area contributed by atoms with Gasteiger partial charge in [0.15, 0.2) is 0 Å².